The van der Waals surface area contributed by atoms with Crippen molar-refractivity contribution in [1.82, 2.24) is 0 Å². The van der Waals surface area contributed by atoms with Crippen LogP contribution < -0.4 is 15.5 Å². The normalized spacial score (nSPS) is 15.5. The lowest BCUT2D eigenvalue weighted by molar-refractivity contribution is -0.140. The molecule has 7 nitrogen and oxygen atoms in total. The largest absolute Gasteiger partial charge is 0.469 e. The molecule has 0 bridgehead atoms. The molecule has 1 saturated heterocycles. The standard InChI is InChI=1S/C26H26N4O3/c1-33-24(31)16-9-18-7-12-22(13-8-18)30-23(19-5-3-2-4-6-19)17-29(26(30)32)21-14-10-20(11-15-21)25(27)28/h2-8,10-15,23H,9,16-17H2,1H3,(H3,27,28). The fraction of sp³-hybridized carbons (Fsp3) is 0.192. The first-order valence-corrected chi connectivity index (χ1v) is 10.7. The van der Waals surface area contributed by atoms with E-state index in [4.69, 9.17) is 15.9 Å². The van der Waals surface area contributed by atoms with Gasteiger partial charge in [0.15, 0.2) is 0 Å². The second-order valence-electron chi connectivity index (χ2n) is 7.89. The summed E-state index contributed by atoms with van der Waals surface area (Å²) in [5, 5.41) is 7.59. The number of nitrogens with zero attached hydrogens (tertiary/aromatic N) is 2. The van der Waals surface area contributed by atoms with Crippen LogP contribution in [0.15, 0.2) is 78.9 Å². The quantitative estimate of drug-likeness (QED) is 0.324. The van der Waals surface area contributed by atoms with Crippen LogP contribution in [0.3, 0.4) is 0 Å². The molecule has 0 spiro atoms. The SMILES string of the molecule is COC(=O)CCc1ccc(N2C(=O)N(c3ccc(C(=N)N)cc3)CC2c2ccccc2)cc1. The first kappa shape index (κ1) is 22.1. The van der Waals surface area contributed by atoms with Crippen molar-refractivity contribution in [2.45, 2.75) is 18.9 Å². The van der Waals surface area contributed by atoms with Crippen molar-refractivity contribution in [2.24, 2.45) is 5.73 Å². The Morgan fingerprint density at radius 3 is 2.24 bits per heavy atom. The summed E-state index contributed by atoms with van der Waals surface area (Å²) in [5.74, 6) is -0.255. The third-order valence-electron chi connectivity index (χ3n) is 5.84. The number of nitrogens with two attached hydrogens (primary N) is 1. The molecule has 0 aromatic heterocycles. The van der Waals surface area contributed by atoms with Crippen molar-refractivity contribution >= 4 is 29.2 Å². The number of esters is 1. The molecular weight excluding hydrogens is 416 g/mol. The highest BCUT2D eigenvalue weighted by molar-refractivity contribution is 6.07. The number of nitrogens with one attached hydrogen (secondary N) is 1. The fourth-order valence-electron chi connectivity index (χ4n) is 4.02. The first-order chi connectivity index (χ1) is 16.0. The minimum Gasteiger partial charge on any atom is -0.469 e. The summed E-state index contributed by atoms with van der Waals surface area (Å²) in [6, 6.07) is 24.5. The molecule has 3 N–H and O–H groups in total. The number of hydrogen-bond acceptors (Lipinski definition) is 4. The van der Waals surface area contributed by atoms with Gasteiger partial charge < -0.3 is 10.5 Å². The number of hydrogen-bond donors (Lipinski definition) is 2. The lowest BCUT2D eigenvalue weighted by Gasteiger charge is -2.24. The maximum absolute atomic E-state index is 13.6. The molecule has 3 aromatic rings. The Bertz CT molecular complexity index is 1140. The lowest BCUT2D eigenvalue weighted by atomic mass is 10.0. The van der Waals surface area contributed by atoms with Crippen molar-refractivity contribution in [3.05, 3.63) is 95.6 Å². The van der Waals surface area contributed by atoms with Crippen LogP contribution in [-0.4, -0.2) is 31.5 Å². The Labute approximate surface area is 192 Å². The van der Waals surface area contributed by atoms with Crippen LogP contribution in [0.4, 0.5) is 16.2 Å². The number of amides is 2. The number of methoxy groups -OCH3 is 1. The monoisotopic (exact) mass is 442 g/mol. The summed E-state index contributed by atoms with van der Waals surface area (Å²) >= 11 is 0. The molecule has 2 amide bonds. The maximum atomic E-state index is 13.6. The summed E-state index contributed by atoms with van der Waals surface area (Å²) < 4.78 is 4.71. The molecule has 1 aliphatic heterocycles. The number of anilines is 2. The van der Waals surface area contributed by atoms with Gasteiger partial charge in [-0.3, -0.25) is 20.0 Å². The van der Waals surface area contributed by atoms with Gasteiger partial charge >= 0.3 is 12.0 Å². The molecule has 33 heavy (non-hydrogen) atoms. The number of nitrogen functional groups attached to an aromatic ring is 1. The number of carbonyl (C=O) groups excluding carboxylic acids is 2. The zero-order valence-electron chi connectivity index (χ0n) is 18.4. The molecule has 1 atom stereocenters. The summed E-state index contributed by atoms with van der Waals surface area (Å²) in [5.41, 5.74) is 9.77. The molecule has 1 fully saturated rings. The molecule has 4 rings (SSSR count). The first-order valence-electron chi connectivity index (χ1n) is 10.7. The van der Waals surface area contributed by atoms with E-state index >= 15 is 0 Å². The van der Waals surface area contributed by atoms with Crippen LogP contribution >= 0.6 is 0 Å². The van der Waals surface area contributed by atoms with Gasteiger partial charge in [0, 0.05) is 23.4 Å². The van der Waals surface area contributed by atoms with Crippen molar-refractivity contribution in [1.29, 1.82) is 5.41 Å². The Balaban J connectivity index is 1.63. The average Bonchev–Trinajstić information content (AvgIpc) is 3.20. The molecule has 1 aliphatic rings. The van der Waals surface area contributed by atoms with Gasteiger partial charge in [0.05, 0.1) is 19.7 Å². The number of aryl methyl sites for hydroxylation is 1. The van der Waals surface area contributed by atoms with E-state index in [1.807, 2.05) is 66.7 Å². The van der Waals surface area contributed by atoms with Gasteiger partial charge in [-0.2, -0.15) is 0 Å². The highest BCUT2D eigenvalue weighted by Crippen LogP contribution is 2.37. The van der Waals surface area contributed by atoms with E-state index in [1.165, 1.54) is 7.11 Å². The number of ether oxygens (including phenoxy) is 1. The van der Waals surface area contributed by atoms with Gasteiger partial charge in [0.25, 0.3) is 0 Å². The van der Waals surface area contributed by atoms with Gasteiger partial charge in [0.2, 0.25) is 0 Å². The lowest BCUT2D eigenvalue weighted by Crippen LogP contribution is -2.32. The van der Waals surface area contributed by atoms with Crippen LogP contribution in [0.25, 0.3) is 0 Å². The van der Waals surface area contributed by atoms with Crippen molar-refractivity contribution in [3.63, 3.8) is 0 Å². The molecule has 0 saturated carbocycles. The van der Waals surface area contributed by atoms with Gasteiger partial charge in [0.1, 0.15) is 5.84 Å². The number of rotatable bonds is 7. The Kier molecular flexibility index (Phi) is 6.40. The van der Waals surface area contributed by atoms with E-state index in [2.05, 4.69) is 0 Å². The topological polar surface area (TPSA) is 99.7 Å². The van der Waals surface area contributed by atoms with Crippen LogP contribution in [0.2, 0.25) is 0 Å². The molecule has 1 unspecified atom stereocenters. The summed E-state index contributed by atoms with van der Waals surface area (Å²) in [4.78, 5) is 28.6. The van der Waals surface area contributed by atoms with Crippen molar-refractivity contribution < 1.29 is 14.3 Å². The molecule has 7 heteroatoms. The summed E-state index contributed by atoms with van der Waals surface area (Å²) in [6.07, 6.45) is 0.896. The van der Waals surface area contributed by atoms with Gasteiger partial charge in [-0.15, -0.1) is 0 Å². The van der Waals surface area contributed by atoms with E-state index in [-0.39, 0.29) is 23.9 Å². The van der Waals surface area contributed by atoms with Crippen LogP contribution in [-0.2, 0) is 16.0 Å². The van der Waals surface area contributed by atoms with E-state index < -0.39 is 0 Å². The average molecular weight is 443 g/mol. The van der Waals surface area contributed by atoms with E-state index in [1.54, 1.807) is 21.9 Å². The zero-order chi connectivity index (χ0) is 23.4. The third kappa shape index (κ3) is 4.72. The molecule has 3 aromatic carbocycles. The second kappa shape index (κ2) is 9.56. The van der Waals surface area contributed by atoms with Gasteiger partial charge in [-0.05, 0) is 53.9 Å². The molecular formula is C26H26N4O3. The van der Waals surface area contributed by atoms with Crippen LogP contribution in [0.1, 0.15) is 29.2 Å². The summed E-state index contributed by atoms with van der Waals surface area (Å²) in [7, 11) is 1.38. The number of urea groups is 1. The molecule has 1 heterocycles. The van der Waals surface area contributed by atoms with Gasteiger partial charge in [-0.1, -0.05) is 42.5 Å². The highest BCUT2D eigenvalue weighted by atomic mass is 16.5. The predicted octanol–water partition coefficient (Wildman–Crippen LogP) is 4.26. The van der Waals surface area contributed by atoms with E-state index in [0.717, 1.165) is 22.5 Å². The Hall–Kier alpha value is -4.13. The van der Waals surface area contributed by atoms with Crippen molar-refractivity contribution in [3.8, 4) is 0 Å². The summed E-state index contributed by atoms with van der Waals surface area (Å²) in [6.45, 7) is 0.492. The zero-order valence-corrected chi connectivity index (χ0v) is 18.4. The number of benzene rings is 3. The number of amidine groups is 1. The molecule has 0 aliphatic carbocycles. The molecule has 168 valence electrons. The van der Waals surface area contributed by atoms with Crippen LogP contribution in [0, 0.1) is 5.41 Å². The second-order valence-corrected chi connectivity index (χ2v) is 7.89. The molecule has 0 radical (unpaired) electrons. The van der Waals surface area contributed by atoms with E-state index in [0.29, 0.717) is 24.9 Å². The van der Waals surface area contributed by atoms with Gasteiger partial charge in [-0.25, -0.2) is 4.79 Å². The highest BCUT2D eigenvalue weighted by Gasteiger charge is 2.39. The fourth-order valence-corrected chi connectivity index (χ4v) is 4.02. The Morgan fingerprint density at radius 2 is 1.64 bits per heavy atom. The Morgan fingerprint density at radius 1 is 1.00 bits per heavy atom. The van der Waals surface area contributed by atoms with Crippen molar-refractivity contribution in [2.75, 3.05) is 23.5 Å². The van der Waals surface area contributed by atoms with E-state index in [9.17, 15) is 9.59 Å². The number of carbonyl (C=O) groups is 2. The smallest absolute Gasteiger partial charge is 0.329 e. The third-order valence-corrected chi connectivity index (χ3v) is 5.84. The maximum Gasteiger partial charge on any atom is 0.329 e. The van der Waals surface area contributed by atoms with Crippen LogP contribution in [0.5, 0.6) is 0 Å². The predicted molar refractivity (Wildman–Crippen MR) is 129 cm³/mol. The minimum atomic E-state index is -0.246. The minimum absolute atomic E-state index is 0.00891.